The number of nitrogens with one attached hydrogen (secondary N) is 2. The average Bonchev–Trinajstić information content (AvgIpc) is 1.86. The molecule has 0 radical (unpaired) electrons. The first-order chi connectivity index (χ1) is 2.89. The van der Waals surface area contributed by atoms with Crippen LogP contribution in [-0.4, -0.2) is 22.8 Å². The second-order valence-electron chi connectivity index (χ2n) is 1.02. The highest BCUT2D eigenvalue weighted by Crippen LogP contribution is 1.57. The molecular weight excluding hydrogens is 82.0 g/mol. The molecular formula is C2H6N3O+. The molecule has 1 aliphatic rings. The van der Waals surface area contributed by atoms with Gasteiger partial charge in [-0.2, -0.15) is 5.43 Å². The zero-order chi connectivity index (χ0) is 4.41. The van der Waals surface area contributed by atoms with Crippen LogP contribution in [0.5, 0.6) is 0 Å². The summed E-state index contributed by atoms with van der Waals surface area (Å²) in [6.07, 6.45) is 1.57. The summed E-state index contributed by atoms with van der Waals surface area (Å²) in [6.45, 7) is 0.677. The van der Waals surface area contributed by atoms with E-state index in [-0.39, 0.29) is 0 Å². The topological polar surface area (TPSA) is 47.3 Å². The molecule has 0 saturated carbocycles. The summed E-state index contributed by atoms with van der Waals surface area (Å²) in [5.74, 6) is 0. The first-order valence-electron chi connectivity index (χ1n) is 1.69. The Morgan fingerprint density at radius 1 is 1.83 bits per heavy atom. The SMILES string of the molecule is O[N+]1=CCNN1. The fraction of sp³-hybridized carbons (Fsp3) is 0.500. The van der Waals surface area contributed by atoms with Crippen LogP contribution >= 0.6 is 0 Å². The van der Waals surface area contributed by atoms with Gasteiger partial charge in [-0.25, -0.2) is 0 Å². The minimum atomic E-state index is 0.677. The minimum Gasteiger partial charge on any atom is -0.261 e. The molecule has 6 heavy (non-hydrogen) atoms. The van der Waals surface area contributed by atoms with Crippen molar-refractivity contribution in [1.82, 2.24) is 11.0 Å². The molecule has 4 nitrogen and oxygen atoms in total. The lowest BCUT2D eigenvalue weighted by molar-refractivity contribution is -0.813. The summed E-state index contributed by atoms with van der Waals surface area (Å²) in [5, 5.41) is 8.33. The van der Waals surface area contributed by atoms with Gasteiger partial charge in [-0.3, -0.25) is 5.21 Å². The van der Waals surface area contributed by atoms with Crippen LogP contribution in [0.1, 0.15) is 0 Å². The van der Waals surface area contributed by atoms with Crippen LogP contribution in [0, 0.1) is 0 Å². The van der Waals surface area contributed by atoms with Gasteiger partial charge in [0.15, 0.2) is 0 Å². The first kappa shape index (κ1) is 3.42. The summed E-state index contributed by atoms with van der Waals surface area (Å²) in [7, 11) is 0. The minimum absolute atomic E-state index is 0.677. The van der Waals surface area contributed by atoms with Crippen molar-refractivity contribution < 1.29 is 10.1 Å². The Bertz CT molecular complexity index is 78.9. The summed E-state index contributed by atoms with van der Waals surface area (Å²) in [5.41, 5.74) is 5.05. The van der Waals surface area contributed by atoms with Gasteiger partial charge in [-0.1, -0.05) is 5.53 Å². The summed E-state index contributed by atoms with van der Waals surface area (Å²) in [6, 6.07) is 0. The maximum Gasteiger partial charge on any atom is 0.245 e. The predicted octanol–water partition coefficient (Wildman–Crippen LogP) is -1.52. The van der Waals surface area contributed by atoms with Crippen molar-refractivity contribution >= 4 is 6.21 Å². The van der Waals surface area contributed by atoms with Crippen LogP contribution < -0.4 is 11.0 Å². The third kappa shape index (κ3) is 0.414. The highest BCUT2D eigenvalue weighted by molar-refractivity contribution is 5.53. The average molecular weight is 88.1 g/mol. The van der Waals surface area contributed by atoms with E-state index in [0.717, 1.165) is 4.85 Å². The number of nitrogens with zero attached hydrogens (tertiary/aromatic N) is 1. The molecule has 1 rings (SSSR count). The lowest BCUT2D eigenvalue weighted by atomic mass is 10.8. The van der Waals surface area contributed by atoms with Crippen molar-refractivity contribution in [3.05, 3.63) is 0 Å². The molecule has 34 valence electrons. The number of hydrogen-bond acceptors (Lipinski definition) is 3. The van der Waals surface area contributed by atoms with Crippen LogP contribution in [0.3, 0.4) is 0 Å². The van der Waals surface area contributed by atoms with E-state index in [9.17, 15) is 0 Å². The van der Waals surface area contributed by atoms with E-state index in [1.807, 2.05) is 0 Å². The molecule has 0 aromatic heterocycles. The summed E-state index contributed by atoms with van der Waals surface area (Å²) in [4.78, 5) is 0.875. The number of hydrazine groups is 2. The van der Waals surface area contributed by atoms with Gasteiger partial charge in [0.1, 0.15) is 11.4 Å². The van der Waals surface area contributed by atoms with Gasteiger partial charge in [0, 0.05) is 0 Å². The summed E-state index contributed by atoms with van der Waals surface area (Å²) >= 11 is 0. The van der Waals surface area contributed by atoms with E-state index < -0.39 is 0 Å². The highest BCUT2D eigenvalue weighted by atomic mass is 16.5. The van der Waals surface area contributed by atoms with Gasteiger partial charge in [0.2, 0.25) is 6.21 Å². The number of hydrazone groups is 1. The van der Waals surface area contributed by atoms with Crippen LogP contribution in [0.15, 0.2) is 0 Å². The monoisotopic (exact) mass is 88.1 g/mol. The standard InChI is InChI=1S/C2H6N3O/c6-5-2-1-3-4-5/h2-4,6H,1H2/q+1. The molecule has 0 aliphatic carbocycles. The van der Waals surface area contributed by atoms with Crippen molar-refractivity contribution in [3.63, 3.8) is 0 Å². The zero-order valence-electron chi connectivity index (χ0n) is 3.18. The van der Waals surface area contributed by atoms with Crippen molar-refractivity contribution in [2.24, 2.45) is 0 Å². The maximum atomic E-state index is 8.33. The number of hydrogen-bond donors (Lipinski definition) is 3. The Labute approximate surface area is 35.0 Å². The van der Waals surface area contributed by atoms with Gasteiger partial charge < -0.3 is 0 Å². The van der Waals surface area contributed by atoms with Crippen molar-refractivity contribution in [3.8, 4) is 0 Å². The molecule has 0 fully saturated rings. The smallest absolute Gasteiger partial charge is 0.245 e. The van der Waals surface area contributed by atoms with Crippen LogP contribution in [0.25, 0.3) is 0 Å². The lowest BCUT2D eigenvalue weighted by Crippen LogP contribution is -2.30. The predicted molar refractivity (Wildman–Crippen MR) is 19.2 cm³/mol. The third-order valence-corrected chi connectivity index (χ3v) is 0.560. The van der Waals surface area contributed by atoms with Gasteiger partial charge in [0.05, 0.1) is 0 Å². The number of rotatable bonds is 0. The lowest BCUT2D eigenvalue weighted by Gasteiger charge is -1.80. The second-order valence-corrected chi connectivity index (χ2v) is 1.02. The third-order valence-electron chi connectivity index (χ3n) is 0.560. The summed E-state index contributed by atoms with van der Waals surface area (Å²) < 4.78 is 0. The Balaban J connectivity index is 2.45. The van der Waals surface area contributed by atoms with Gasteiger partial charge in [-0.05, 0) is 0 Å². The van der Waals surface area contributed by atoms with Crippen molar-refractivity contribution in [1.29, 1.82) is 0 Å². The van der Waals surface area contributed by atoms with Gasteiger partial charge >= 0.3 is 0 Å². The molecule has 0 aromatic rings. The van der Waals surface area contributed by atoms with E-state index in [1.165, 1.54) is 0 Å². The zero-order valence-corrected chi connectivity index (χ0v) is 3.18. The van der Waals surface area contributed by atoms with Crippen LogP contribution in [-0.2, 0) is 0 Å². The second kappa shape index (κ2) is 1.14. The molecule has 0 saturated heterocycles. The van der Waals surface area contributed by atoms with E-state index in [1.54, 1.807) is 6.21 Å². The van der Waals surface area contributed by atoms with Gasteiger partial charge in [0.25, 0.3) is 0 Å². The van der Waals surface area contributed by atoms with E-state index >= 15 is 0 Å². The Hall–Kier alpha value is -0.770. The fourth-order valence-corrected chi connectivity index (χ4v) is 0.304. The van der Waals surface area contributed by atoms with Crippen molar-refractivity contribution in [2.75, 3.05) is 6.54 Å². The molecule has 0 bridgehead atoms. The molecule has 0 spiro atoms. The largest absolute Gasteiger partial charge is 0.261 e. The molecule has 1 aliphatic heterocycles. The quantitative estimate of drug-likeness (QED) is 0.249. The van der Waals surface area contributed by atoms with Gasteiger partial charge in [-0.15, -0.1) is 0 Å². The van der Waals surface area contributed by atoms with Crippen LogP contribution in [0.2, 0.25) is 0 Å². The Morgan fingerprint density at radius 3 is 2.83 bits per heavy atom. The molecule has 0 atom stereocenters. The molecule has 0 amide bonds. The Kier molecular flexibility index (Phi) is 0.648. The van der Waals surface area contributed by atoms with E-state index in [4.69, 9.17) is 5.21 Å². The normalized spacial score (nSPS) is 19.7. The highest BCUT2D eigenvalue weighted by Gasteiger charge is 2.02. The van der Waals surface area contributed by atoms with E-state index in [0.29, 0.717) is 6.54 Å². The van der Waals surface area contributed by atoms with Crippen LogP contribution in [0.4, 0.5) is 0 Å². The molecule has 4 heteroatoms. The first-order valence-corrected chi connectivity index (χ1v) is 1.69. The molecule has 0 aromatic carbocycles. The van der Waals surface area contributed by atoms with Crippen molar-refractivity contribution in [2.45, 2.75) is 0 Å². The molecule has 3 N–H and O–H groups in total. The maximum absolute atomic E-state index is 8.33. The molecule has 0 unspecified atom stereocenters. The fourth-order valence-electron chi connectivity index (χ4n) is 0.304. The Morgan fingerprint density at radius 2 is 2.67 bits per heavy atom. The molecule has 1 heterocycles. The van der Waals surface area contributed by atoms with E-state index in [2.05, 4.69) is 11.0 Å².